The van der Waals surface area contributed by atoms with Crippen LogP contribution in [0.5, 0.6) is 5.75 Å². The molecule has 0 N–H and O–H groups in total. The molecule has 2 aromatic carbocycles. The standard InChI is InChI=1S/C25H28N4O4/c1-27(19-11-7-4-8-12-19)23(30)22-24(31)28(17-18-9-5-3-6-10-18)25(32)29(26-22)20-13-15-21(33-2)16-14-20/h3,5-6,9-10,13-16,19H,4,7-8,11-12,17H2,1-2H3. The summed E-state index contributed by atoms with van der Waals surface area (Å²) >= 11 is 0. The first-order valence-electron chi connectivity index (χ1n) is 11.2. The zero-order valence-electron chi connectivity index (χ0n) is 18.9. The summed E-state index contributed by atoms with van der Waals surface area (Å²) in [5.74, 6) is 0.161. The Balaban J connectivity index is 1.82. The largest absolute Gasteiger partial charge is 0.497 e. The lowest BCUT2D eigenvalue weighted by molar-refractivity contribution is 0.0684. The number of hydrogen-bond acceptors (Lipinski definition) is 5. The van der Waals surface area contributed by atoms with Crippen molar-refractivity contribution in [3.63, 3.8) is 0 Å². The van der Waals surface area contributed by atoms with Crippen LogP contribution in [0.15, 0.2) is 64.2 Å². The molecule has 1 aliphatic rings. The zero-order valence-corrected chi connectivity index (χ0v) is 18.9. The van der Waals surface area contributed by atoms with Crippen molar-refractivity contribution in [3.05, 3.63) is 86.7 Å². The summed E-state index contributed by atoms with van der Waals surface area (Å²) in [6.45, 7) is 0.0462. The quantitative estimate of drug-likeness (QED) is 0.579. The van der Waals surface area contributed by atoms with Gasteiger partial charge in [0, 0.05) is 13.1 Å². The van der Waals surface area contributed by atoms with E-state index in [-0.39, 0.29) is 18.3 Å². The van der Waals surface area contributed by atoms with Crippen LogP contribution in [-0.4, -0.2) is 45.4 Å². The highest BCUT2D eigenvalue weighted by atomic mass is 16.5. The highest BCUT2D eigenvalue weighted by Crippen LogP contribution is 2.22. The third-order valence-electron chi connectivity index (χ3n) is 6.21. The van der Waals surface area contributed by atoms with Gasteiger partial charge in [0.2, 0.25) is 5.69 Å². The fraction of sp³-hybridized carbons (Fsp3) is 0.360. The van der Waals surface area contributed by atoms with Crippen LogP contribution in [0.4, 0.5) is 0 Å². The maximum absolute atomic E-state index is 13.4. The summed E-state index contributed by atoms with van der Waals surface area (Å²) in [5.41, 5.74) is -0.318. The summed E-state index contributed by atoms with van der Waals surface area (Å²) in [6.07, 6.45) is 5.07. The van der Waals surface area contributed by atoms with Gasteiger partial charge in [-0.25, -0.2) is 4.79 Å². The number of amides is 1. The average molecular weight is 449 g/mol. The van der Waals surface area contributed by atoms with Crippen LogP contribution in [0.2, 0.25) is 0 Å². The van der Waals surface area contributed by atoms with E-state index in [0.29, 0.717) is 11.4 Å². The van der Waals surface area contributed by atoms with Crippen molar-refractivity contribution in [3.8, 4) is 11.4 Å². The number of carbonyl (C=O) groups excluding carboxylic acids is 1. The van der Waals surface area contributed by atoms with Crippen molar-refractivity contribution < 1.29 is 9.53 Å². The minimum atomic E-state index is -0.679. The van der Waals surface area contributed by atoms with E-state index >= 15 is 0 Å². The molecule has 0 atom stereocenters. The predicted molar refractivity (Wildman–Crippen MR) is 125 cm³/mol. The number of benzene rings is 2. The van der Waals surface area contributed by atoms with Crippen molar-refractivity contribution in [1.29, 1.82) is 0 Å². The molecule has 0 bridgehead atoms. The predicted octanol–water partition coefficient (Wildman–Crippen LogP) is 2.86. The Morgan fingerprint density at radius 3 is 2.33 bits per heavy atom. The van der Waals surface area contributed by atoms with Crippen LogP contribution >= 0.6 is 0 Å². The van der Waals surface area contributed by atoms with Crippen molar-refractivity contribution in [2.75, 3.05) is 14.2 Å². The second-order valence-electron chi connectivity index (χ2n) is 8.33. The minimum Gasteiger partial charge on any atom is -0.497 e. The SMILES string of the molecule is COc1ccc(-n2nc(C(=O)N(C)C3CCCCC3)c(=O)n(Cc3ccccc3)c2=O)cc1. The molecule has 1 fully saturated rings. The molecule has 8 heteroatoms. The van der Waals surface area contributed by atoms with Gasteiger partial charge < -0.3 is 9.64 Å². The number of methoxy groups -OCH3 is 1. The lowest BCUT2D eigenvalue weighted by Gasteiger charge is -2.30. The molecule has 8 nitrogen and oxygen atoms in total. The molecule has 1 amide bonds. The molecule has 0 spiro atoms. The van der Waals surface area contributed by atoms with Crippen LogP contribution in [0.25, 0.3) is 5.69 Å². The van der Waals surface area contributed by atoms with Gasteiger partial charge >= 0.3 is 5.69 Å². The van der Waals surface area contributed by atoms with Gasteiger partial charge in [0.05, 0.1) is 19.3 Å². The van der Waals surface area contributed by atoms with E-state index in [1.807, 2.05) is 30.3 Å². The maximum atomic E-state index is 13.4. The Morgan fingerprint density at radius 2 is 1.70 bits per heavy atom. The fourth-order valence-electron chi connectivity index (χ4n) is 4.25. The van der Waals surface area contributed by atoms with Gasteiger partial charge in [-0.2, -0.15) is 9.78 Å². The molecule has 0 unspecified atom stereocenters. The molecule has 0 radical (unpaired) electrons. The van der Waals surface area contributed by atoms with E-state index in [9.17, 15) is 14.4 Å². The van der Waals surface area contributed by atoms with E-state index in [1.165, 1.54) is 0 Å². The van der Waals surface area contributed by atoms with E-state index in [4.69, 9.17) is 4.74 Å². The number of hydrogen-bond donors (Lipinski definition) is 0. The van der Waals surface area contributed by atoms with E-state index in [0.717, 1.165) is 46.9 Å². The highest BCUT2D eigenvalue weighted by Gasteiger charge is 2.28. The summed E-state index contributed by atoms with van der Waals surface area (Å²) < 4.78 is 7.39. The second-order valence-corrected chi connectivity index (χ2v) is 8.33. The van der Waals surface area contributed by atoms with Crippen LogP contribution < -0.4 is 16.0 Å². The number of rotatable bonds is 6. The molecule has 3 aromatic rings. The number of ether oxygens (including phenoxy) is 1. The number of carbonyl (C=O) groups is 1. The molecule has 1 aliphatic carbocycles. The Kier molecular flexibility index (Phi) is 6.72. The van der Waals surface area contributed by atoms with Crippen molar-refractivity contribution in [2.24, 2.45) is 0 Å². The zero-order chi connectivity index (χ0) is 23.4. The van der Waals surface area contributed by atoms with Crippen LogP contribution in [0.3, 0.4) is 0 Å². The normalized spacial score (nSPS) is 14.1. The van der Waals surface area contributed by atoms with Crippen LogP contribution in [-0.2, 0) is 6.54 Å². The molecule has 0 aliphatic heterocycles. The molecule has 1 saturated carbocycles. The van der Waals surface area contributed by atoms with Crippen molar-refractivity contribution in [2.45, 2.75) is 44.7 Å². The first-order chi connectivity index (χ1) is 16.0. The Labute approximate surface area is 192 Å². The first kappa shape index (κ1) is 22.5. The molecule has 172 valence electrons. The molecule has 1 heterocycles. The molecular weight excluding hydrogens is 420 g/mol. The molecule has 1 aromatic heterocycles. The average Bonchev–Trinajstić information content (AvgIpc) is 2.87. The third-order valence-corrected chi connectivity index (χ3v) is 6.21. The number of nitrogens with zero attached hydrogens (tertiary/aromatic N) is 4. The van der Waals surface area contributed by atoms with Gasteiger partial charge in [-0.15, -0.1) is 0 Å². The van der Waals surface area contributed by atoms with Gasteiger partial charge in [-0.3, -0.25) is 14.2 Å². The topological polar surface area (TPSA) is 86.4 Å². The van der Waals surface area contributed by atoms with Crippen LogP contribution in [0, 0.1) is 0 Å². The Hall–Kier alpha value is -3.68. The van der Waals surface area contributed by atoms with Crippen LogP contribution in [0.1, 0.15) is 48.2 Å². The summed E-state index contributed by atoms with van der Waals surface area (Å²) in [7, 11) is 3.27. The lowest BCUT2D eigenvalue weighted by atomic mass is 9.94. The molecule has 4 rings (SSSR count). The van der Waals surface area contributed by atoms with E-state index in [2.05, 4.69) is 5.10 Å². The van der Waals surface area contributed by atoms with Gasteiger partial charge in [-0.05, 0) is 42.7 Å². The van der Waals surface area contributed by atoms with Crippen molar-refractivity contribution in [1.82, 2.24) is 19.2 Å². The maximum Gasteiger partial charge on any atom is 0.352 e. The first-order valence-corrected chi connectivity index (χ1v) is 11.2. The monoisotopic (exact) mass is 448 g/mol. The molecule has 33 heavy (non-hydrogen) atoms. The Morgan fingerprint density at radius 1 is 1.03 bits per heavy atom. The second kappa shape index (κ2) is 9.85. The number of aromatic nitrogens is 3. The summed E-state index contributed by atoms with van der Waals surface area (Å²) in [5, 5.41) is 4.25. The summed E-state index contributed by atoms with van der Waals surface area (Å²) in [6, 6.07) is 16.0. The molecule has 0 saturated heterocycles. The lowest BCUT2D eigenvalue weighted by Crippen LogP contribution is -2.48. The minimum absolute atomic E-state index is 0.0462. The highest BCUT2D eigenvalue weighted by molar-refractivity contribution is 5.91. The van der Waals surface area contributed by atoms with Crippen molar-refractivity contribution >= 4 is 5.91 Å². The van der Waals surface area contributed by atoms with Gasteiger partial charge in [-0.1, -0.05) is 49.6 Å². The van der Waals surface area contributed by atoms with Gasteiger partial charge in [0.25, 0.3) is 11.5 Å². The fourth-order valence-corrected chi connectivity index (χ4v) is 4.25. The van der Waals surface area contributed by atoms with E-state index < -0.39 is 17.2 Å². The van der Waals surface area contributed by atoms with E-state index in [1.54, 1.807) is 43.3 Å². The van der Waals surface area contributed by atoms with Gasteiger partial charge in [0.15, 0.2) is 0 Å². The third kappa shape index (κ3) is 4.74. The smallest absolute Gasteiger partial charge is 0.352 e. The molecular formula is C25H28N4O4. The van der Waals surface area contributed by atoms with Gasteiger partial charge in [0.1, 0.15) is 5.75 Å². The Bertz CT molecular complexity index is 1230. The summed E-state index contributed by atoms with van der Waals surface area (Å²) in [4.78, 5) is 41.6.